The van der Waals surface area contributed by atoms with Gasteiger partial charge in [0.15, 0.2) is 0 Å². The van der Waals surface area contributed by atoms with E-state index in [9.17, 15) is 4.79 Å². The van der Waals surface area contributed by atoms with Crippen molar-refractivity contribution in [3.8, 4) is 0 Å². The van der Waals surface area contributed by atoms with Gasteiger partial charge in [-0.05, 0) is 31.5 Å². The number of thiocarbonyl (C=S) groups is 1. The third kappa shape index (κ3) is 4.02. The maximum absolute atomic E-state index is 12.4. The first-order valence-corrected chi connectivity index (χ1v) is 7.90. The molecule has 1 aromatic rings. The van der Waals surface area contributed by atoms with E-state index in [0.717, 1.165) is 25.1 Å². The van der Waals surface area contributed by atoms with Gasteiger partial charge < -0.3 is 11.1 Å². The van der Waals surface area contributed by atoms with E-state index in [0.29, 0.717) is 12.6 Å². The SMILES string of the molecule is CCN1CCCC1CNC(=O)C(C(N)=S)c1ccccc1. The maximum atomic E-state index is 12.4. The molecule has 1 fully saturated rings. The molecule has 1 aliphatic rings. The zero-order valence-electron chi connectivity index (χ0n) is 12.4. The lowest BCUT2D eigenvalue weighted by Gasteiger charge is -2.24. The van der Waals surface area contributed by atoms with E-state index >= 15 is 0 Å². The maximum Gasteiger partial charge on any atom is 0.234 e. The summed E-state index contributed by atoms with van der Waals surface area (Å²) in [6, 6.07) is 9.90. The van der Waals surface area contributed by atoms with Gasteiger partial charge >= 0.3 is 0 Å². The molecule has 0 bridgehead atoms. The molecular formula is C16H23N3OS. The Morgan fingerprint density at radius 1 is 1.48 bits per heavy atom. The number of rotatable bonds is 6. The smallest absolute Gasteiger partial charge is 0.234 e. The molecule has 1 saturated heterocycles. The second kappa shape index (κ2) is 7.52. The average molecular weight is 305 g/mol. The van der Waals surface area contributed by atoms with Crippen LogP contribution in [0.25, 0.3) is 0 Å². The van der Waals surface area contributed by atoms with Crippen molar-refractivity contribution < 1.29 is 4.79 Å². The second-order valence-electron chi connectivity index (χ2n) is 5.42. The number of carbonyl (C=O) groups is 1. The zero-order valence-corrected chi connectivity index (χ0v) is 13.2. The van der Waals surface area contributed by atoms with Crippen LogP contribution in [0.1, 0.15) is 31.2 Å². The summed E-state index contributed by atoms with van der Waals surface area (Å²) in [6.45, 7) is 4.97. The summed E-state index contributed by atoms with van der Waals surface area (Å²) in [5.74, 6) is -0.644. The lowest BCUT2D eigenvalue weighted by atomic mass is 9.98. The van der Waals surface area contributed by atoms with Crippen LogP contribution in [0.4, 0.5) is 0 Å². The van der Waals surface area contributed by atoms with E-state index in [1.807, 2.05) is 30.3 Å². The van der Waals surface area contributed by atoms with Crippen LogP contribution in [0.3, 0.4) is 0 Å². The quantitative estimate of drug-likeness (QED) is 0.785. The minimum absolute atomic E-state index is 0.100. The fourth-order valence-electron chi connectivity index (χ4n) is 2.95. The highest BCUT2D eigenvalue weighted by Crippen LogP contribution is 2.18. The highest BCUT2D eigenvalue weighted by molar-refractivity contribution is 7.80. The van der Waals surface area contributed by atoms with Gasteiger partial charge in [0.1, 0.15) is 5.92 Å². The molecule has 0 radical (unpaired) electrons. The van der Waals surface area contributed by atoms with Gasteiger partial charge in [-0.3, -0.25) is 9.69 Å². The minimum Gasteiger partial charge on any atom is -0.392 e. The van der Waals surface area contributed by atoms with Crippen LogP contribution in [0.15, 0.2) is 30.3 Å². The summed E-state index contributed by atoms with van der Waals surface area (Å²) in [6.07, 6.45) is 2.34. The third-order valence-electron chi connectivity index (χ3n) is 4.10. The largest absolute Gasteiger partial charge is 0.392 e. The van der Waals surface area contributed by atoms with Crippen molar-refractivity contribution >= 4 is 23.1 Å². The van der Waals surface area contributed by atoms with Crippen molar-refractivity contribution in [2.24, 2.45) is 5.73 Å². The Balaban J connectivity index is 1.98. The molecule has 2 rings (SSSR count). The fraction of sp³-hybridized carbons (Fsp3) is 0.500. The van der Waals surface area contributed by atoms with E-state index in [-0.39, 0.29) is 10.9 Å². The van der Waals surface area contributed by atoms with Gasteiger partial charge in [-0.1, -0.05) is 49.5 Å². The molecule has 0 aromatic heterocycles. The number of nitrogens with one attached hydrogen (secondary N) is 1. The minimum atomic E-state index is -0.544. The van der Waals surface area contributed by atoms with Crippen LogP contribution in [-0.4, -0.2) is 41.5 Å². The van der Waals surface area contributed by atoms with Gasteiger partial charge in [0.25, 0.3) is 0 Å². The highest BCUT2D eigenvalue weighted by atomic mass is 32.1. The summed E-state index contributed by atoms with van der Waals surface area (Å²) in [7, 11) is 0. The van der Waals surface area contributed by atoms with Crippen molar-refractivity contribution in [3.05, 3.63) is 35.9 Å². The molecule has 3 N–H and O–H groups in total. The Bertz CT molecular complexity index is 492. The lowest BCUT2D eigenvalue weighted by molar-refractivity contribution is -0.121. The zero-order chi connectivity index (χ0) is 15.2. The Morgan fingerprint density at radius 2 is 2.19 bits per heavy atom. The van der Waals surface area contributed by atoms with Crippen LogP contribution < -0.4 is 11.1 Å². The molecule has 0 saturated carbocycles. The molecule has 4 nitrogen and oxygen atoms in total. The van der Waals surface area contributed by atoms with Gasteiger partial charge in [-0.25, -0.2) is 0 Å². The highest BCUT2D eigenvalue weighted by Gasteiger charge is 2.27. The summed E-state index contributed by atoms with van der Waals surface area (Å²) in [5, 5.41) is 3.02. The van der Waals surface area contributed by atoms with E-state index in [2.05, 4.69) is 17.1 Å². The van der Waals surface area contributed by atoms with Crippen LogP contribution in [-0.2, 0) is 4.79 Å². The van der Waals surface area contributed by atoms with E-state index in [4.69, 9.17) is 18.0 Å². The molecule has 114 valence electrons. The van der Waals surface area contributed by atoms with Gasteiger partial charge in [0.2, 0.25) is 5.91 Å². The number of hydrogen-bond donors (Lipinski definition) is 2. The monoisotopic (exact) mass is 305 g/mol. The number of likely N-dealkylation sites (N-methyl/N-ethyl adjacent to an activating group) is 1. The van der Waals surface area contributed by atoms with E-state index in [1.165, 1.54) is 6.42 Å². The fourth-order valence-corrected chi connectivity index (χ4v) is 3.20. The summed E-state index contributed by atoms with van der Waals surface area (Å²) in [5.41, 5.74) is 6.62. The van der Waals surface area contributed by atoms with Crippen LogP contribution in [0, 0.1) is 0 Å². The summed E-state index contributed by atoms with van der Waals surface area (Å²) >= 11 is 5.08. The Morgan fingerprint density at radius 3 is 2.81 bits per heavy atom. The first-order chi connectivity index (χ1) is 10.1. The molecule has 1 aromatic carbocycles. The molecule has 2 unspecified atom stereocenters. The molecule has 5 heteroatoms. The average Bonchev–Trinajstić information content (AvgIpc) is 2.93. The van der Waals surface area contributed by atoms with Crippen molar-refractivity contribution in [3.63, 3.8) is 0 Å². The number of hydrogen-bond acceptors (Lipinski definition) is 3. The number of benzene rings is 1. The number of likely N-dealkylation sites (tertiary alicyclic amines) is 1. The molecule has 2 atom stereocenters. The van der Waals surface area contributed by atoms with Gasteiger partial charge in [0, 0.05) is 12.6 Å². The van der Waals surface area contributed by atoms with Gasteiger partial charge in [0.05, 0.1) is 4.99 Å². The van der Waals surface area contributed by atoms with Gasteiger partial charge in [-0.2, -0.15) is 0 Å². The molecule has 1 heterocycles. The normalized spacial score (nSPS) is 20.1. The van der Waals surface area contributed by atoms with Crippen molar-refractivity contribution in [1.29, 1.82) is 0 Å². The van der Waals surface area contributed by atoms with E-state index < -0.39 is 5.92 Å². The van der Waals surface area contributed by atoms with Gasteiger partial charge in [-0.15, -0.1) is 0 Å². The van der Waals surface area contributed by atoms with Crippen molar-refractivity contribution in [2.45, 2.75) is 31.7 Å². The first kappa shape index (κ1) is 15.9. The second-order valence-corrected chi connectivity index (χ2v) is 5.89. The first-order valence-electron chi connectivity index (χ1n) is 7.49. The summed E-state index contributed by atoms with van der Waals surface area (Å²) < 4.78 is 0. The molecule has 1 aliphatic heterocycles. The predicted molar refractivity (Wildman–Crippen MR) is 89.2 cm³/mol. The number of nitrogens with zero attached hydrogens (tertiary/aromatic N) is 1. The molecule has 0 spiro atoms. The van der Waals surface area contributed by atoms with Crippen LogP contribution >= 0.6 is 12.2 Å². The third-order valence-corrected chi connectivity index (χ3v) is 4.33. The molecule has 0 aliphatic carbocycles. The number of amides is 1. The molecule has 21 heavy (non-hydrogen) atoms. The van der Waals surface area contributed by atoms with Crippen molar-refractivity contribution in [2.75, 3.05) is 19.6 Å². The Labute approximate surface area is 131 Å². The number of nitrogens with two attached hydrogens (primary N) is 1. The standard InChI is InChI=1S/C16H23N3OS/c1-2-19-10-6-9-13(19)11-18-16(20)14(15(17)21)12-7-4-3-5-8-12/h3-5,7-8,13-14H,2,6,9-11H2,1H3,(H2,17,21)(H,18,20). The van der Waals surface area contributed by atoms with Crippen LogP contribution in [0.5, 0.6) is 0 Å². The Kier molecular flexibility index (Phi) is 5.70. The van der Waals surface area contributed by atoms with Crippen molar-refractivity contribution in [1.82, 2.24) is 10.2 Å². The lowest BCUT2D eigenvalue weighted by Crippen LogP contribution is -2.43. The van der Waals surface area contributed by atoms with Crippen LogP contribution in [0.2, 0.25) is 0 Å². The molecule has 1 amide bonds. The number of carbonyl (C=O) groups excluding carboxylic acids is 1. The Hall–Kier alpha value is -1.46. The predicted octanol–water partition coefficient (Wildman–Crippen LogP) is 1.66. The summed E-state index contributed by atoms with van der Waals surface area (Å²) in [4.78, 5) is 15.1. The molecular weight excluding hydrogens is 282 g/mol. The topological polar surface area (TPSA) is 58.4 Å². The van der Waals surface area contributed by atoms with E-state index in [1.54, 1.807) is 0 Å².